The first kappa shape index (κ1) is 31.1. The van der Waals surface area contributed by atoms with Gasteiger partial charge < -0.3 is 15.6 Å². The van der Waals surface area contributed by atoms with Gasteiger partial charge in [0.25, 0.3) is 17.7 Å². The molecule has 5 rings (SSSR count). The van der Waals surface area contributed by atoms with Crippen molar-refractivity contribution in [1.82, 2.24) is 20.0 Å². The summed E-state index contributed by atoms with van der Waals surface area (Å²) in [4.78, 5) is 65.9. The van der Waals surface area contributed by atoms with Crippen LogP contribution < -0.4 is 10.5 Å². The van der Waals surface area contributed by atoms with Crippen LogP contribution in [0.5, 0.6) is 5.75 Å². The number of fused-ring (bicyclic) bond motifs is 1. The van der Waals surface area contributed by atoms with Gasteiger partial charge in [0.2, 0.25) is 0 Å². The number of hydrogen-bond donors (Lipinski definition) is 2. The van der Waals surface area contributed by atoms with E-state index in [4.69, 9.17) is 10.5 Å². The highest BCUT2D eigenvalue weighted by atomic mass is 32.2. The molecule has 228 valence electrons. The zero-order valence-electron chi connectivity index (χ0n) is 22.9. The number of carboxylic acids is 1. The zero-order chi connectivity index (χ0) is 31.5. The Hall–Kier alpha value is -4.32. The van der Waals surface area contributed by atoms with Gasteiger partial charge in [0.1, 0.15) is 28.2 Å². The fourth-order valence-electron chi connectivity index (χ4n) is 4.67. The molecule has 2 aliphatic heterocycles. The van der Waals surface area contributed by atoms with Crippen LogP contribution in [0.15, 0.2) is 70.2 Å². The van der Waals surface area contributed by atoms with Crippen molar-refractivity contribution in [3.63, 3.8) is 0 Å². The van der Waals surface area contributed by atoms with Crippen molar-refractivity contribution >= 4 is 64.2 Å². The molecule has 3 amide bonds. The number of nitro groups is 1. The minimum absolute atomic E-state index is 0.205. The van der Waals surface area contributed by atoms with Gasteiger partial charge in [0, 0.05) is 17.6 Å². The molecule has 0 spiro atoms. The molecule has 44 heavy (non-hydrogen) atoms. The molecular weight excluding hydrogens is 633 g/mol. The SMILES string of the molecule is Cc1nnc(SCC2=C(C(=O)O)N3C(=O)C(N(C(=O)COc4ccccc4[N+](=O)[O-])C(=O)[C@H](N)c4ccccc4)[C@H]3SC2)s1. The van der Waals surface area contributed by atoms with E-state index in [0.717, 1.165) is 9.91 Å². The van der Waals surface area contributed by atoms with Crippen LogP contribution in [0.25, 0.3) is 0 Å². The van der Waals surface area contributed by atoms with Gasteiger partial charge >= 0.3 is 11.7 Å². The lowest BCUT2D eigenvalue weighted by Crippen LogP contribution is -2.73. The average Bonchev–Trinajstić information content (AvgIpc) is 3.45. The van der Waals surface area contributed by atoms with Crippen LogP contribution in [0.2, 0.25) is 0 Å². The van der Waals surface area contributed by atoms with Gasteiger partial charge in [-0.2, -0.15) is 0 Å². The Morgan fingerprint density at radius 1 is 1.20 bits per heavy atom. The maximum atomic E-state index is 13.8. The summed E-state index contributed by atoms with van der Waals surface area (Å²) in [5.41, 5.74) is 6.51. The molecule has 3 heterocycles. The number of imide groups is 1. The zero-order valence-corrected chi connectivity index (χ0v) is 25.3. The number of β-lactam (4-membered cyclic amide) rings is 1. The maximum absolute atomic E-state index is 13.8. The number of carbonyl (C=O) groups excluding carboxylic acids is 3. The first-order chi connectivity index (χ1) is 21.1. The van der Waals surface area contributed by atoms with Gasteiger partial charge in [-0.25, -0.2) is 4.79 Å². The number of nitro benzene ring substituents is 1. The number of amides is 3. The Kier molecular flexibility index (Phi) is 9.28. The van der Waals surface area contributed by atoms with Gasteiger partial charge in [-0.05, 0) is 24.1 Å². The number of aromatic nitrogens is 2. The molecule has 0 aliphatic carbocycles. The van der Waals surface area contributed by atoms with E-state index in [1.165, 1.54) is 59.1 Å². The highest BCUT2D eigenvalue weighted by molar-refractivity contribution is 8.01. The lowest BCUT2D eigenvalue weighted by Gasteiger charge is -2.52. The third-order valence-electron chi connectivity index (χ3n) is 6.72. The van der Waals surface area contributed by atoms with Crippen molar-refractivity contribution in [2.75, 3.05) is 18.1 Å². The van der Waals surface area contributed by atoms with Crippen LogP contribution in [0.1, 0.15) is 16.6 Å². The summed E-state index contributed by atoms with van der Waals surface area (Å²) in [6, 6.07) is 10.9. The summed E-state index contributed by atoms with van der Waals surface area (Å²) >= 11 is 3.86. The lowest BCUT2D eigenvalue weighted by molar-refractivity contribution is -0.385. The molecule has 3 N–H and O–H groups in total. The highest BCUT2D eigenvalue weighted by Crippen LogP contribution is 2.44. The summed E-state index contributed by atoms with van der Waals surface area (Å²) in [5, 5.41) is 29.3. The Balaban J connectivity index is 1.42. The van der Waals surface area contributed by atoms with Crippen molar-refractivity contribution in [3.8, 4) is 5.75 Å². The molecule has 0 bridgehead atoms. The number of ether oxygens (including phenoxy) is 1. The van der Waals surface area contributed by atoms with Gasteiger partial charge in [-0.3, -0.25) is 34.3 Å². The van der Waals surface area contributed by atoms with Gasteiger partial charge in [-0.15, -0.1) is 22.0 Å². The number of aliphatic carboxylic acids is 1. The van der Waals surface area contributed by atoms with E-state index in [1.54, 1.807) is 37.3 Å². The monoisotopic (exact) mass is 656 g/mol. The number of aryl methyl sites for hydroxylation is 1. The van der Waals surface area contributed by atoms with Crippen LogP contribution in [-0.4, -0.2) is 83.2 Å². The minimum atomic E-state index is -1.38. The predicted octanol–water partition coefficient (Wildman–Crippen LogP) is 2.60. The van der Waals surface area contributed by atoms with Crippen molar-refractivity contribution in [2.45, 2.75) is 28.7 Å². The van der Waals surface area contributed by atoms with Crippen LogP contribution in [0.3, 0.4) is 0 Å². The molecular formula is C27H24N6O8S3. The summed E-state index contributed by atoms with van der Waals surface area (Å²) in [5.74, 6) is -3.72. The maximum Gasteiger partial charge on any atom is 0.352 e. The first-order valence-corrected chi connectivity index (χ1v) is 15.8. The molecule has 2 aliphatic rings. The largest absolute Gasteiger partial charge is 0.477 e. The fourth-order valence-corrected chi connectivity index (χ4v) is 8.02. The topological polar surface area (TPSA) is 199 Å². The van der Waals surface area contributed by atoms with Crippen molar-refractivity contribution < 1.29 is 33.9 Å². The van der Waals surface area contributed by atoms with E-state index in [1.807, 2.05) is 0 Å². The van der Waals surface area contributed by atoms with Crippen LogP contribution in [-0.2, 0) is 19.2 Å². The first-order valence-electron chi connectivity index (χ1n) is 12.9. The molecule has 0 radical (unpaired) electrons. The number of hydrogen-bond acceptors (Lipinski definition) is 13. The smallest absolute Gasteiger partial charge is 0.352 e. The Morgan fingerprint density at radius 2 is 1.91 bits per heavy atom. The molecule has 3 atom stereocenters. The second-order valence-electron chi connectivity index (χ2n) is 9.49. The van der Waals surface area contributed by atoms with Crippen molar-refractivity contribution in [3.05, 3.63) is 86.6 Å². The summed E-state index contributed by atoms with van der Waals surface area (Å²) in [6.45, 7) is 0.984. The van der Waals surface area contributed by atoms with Gasteiger partial charge in [0.15, 0.2) is 16.7 Å². The van der Waals surface area contributed by atoms with Gasteiger partial charge in [0.05, 0.1) is 4.92 Å². The molecule has 1 aromatic heterocycles. The van der Waals surface area contributed by atoms with Crippen LogP contribution in [0.4, 0.5) is 5.69 Å². The lowest BCUT2D eigenvalue weighted by atomic mass is 9.99. The second-order valence-corrected chi connectivity index (χ2v) is 13.0. The summed E-state index contributed by atoms with van der Waals surface area (Å²) in [6.07, 6.45) is 0. The molecule has 1 fully saturated rings. The number of para-hydroxylation sites is 2. The highest BCUT2D eigenvalue weighted by Gasteiger charge is 2.58. The predicted molar refractivity (Wildman–Crippen MR) is 161 cm³/mol. The fraction of sp³-hybridized carbons (Fsp3) is 0.259. The number of carboxylic acid groups (broad SMARTS) is 1. The van der Waals surface area contributed by atoms with Gasteiger partial charge in [-0.1, -0.05) is 65.6 Å². The standard InChI is InChI=1S/C27H24N6O8S3/c1-14-29-30-27(44-14)43-13-16-12-42-25-22(24(36)32(25)21(16)26(37)38)31(23(35)20(28)15-7-3-2-4-8-15)19(34)11-41-18-10-6-5-9-17(18)33(39)40/h2-10,20,22,25H,11-13,28H2,1H3,(H,37,38)/t20-,22?,25-/m1/s1. The molecule has 1 unspecified atom stereocenters. The summed E-state index contributed by atoms with van der Waals surface area (Å²) < 4.78 is 6.09. The second kappa shape index (κ2) is 13.1. The molecule has 17 heteroatoms. The average molecular weight is 657 g/mol. The minimum Gasteiger partial charge on any atom is -0.477 e. The molecule has 2 aromatic carbocycles. The normalized spacial score (nSPS) is 18.2. The number of rotatable bonds is 11. The van der Waals surface area contributed by atoms with E-state index in [-0.39, 0.29) is 23.0 Å². The number of nitrogens with two attached hydrogens (primary N) is 1. The van der Waals surface area contributed by atoms with Crippen LogP contribution >= 0.6 is 34.9 Å². The Labute approximate surface area is 262 Å². The van der Waals surface area contributed by atoms with E-state index < -0.39 is 58.4 Å². The van der Waals surface area contributed by atoms with Crippen molar-refractivity contribution in [1.29, 1.82) is 0 Å². The van der Waals surface area contributed by atoms with E-state index in [2.05, 4.69) is 10.2 Å². The number of carbonyl (C=O) groups is 4. The van der Waals surface area contributed by atoms with Crippen LogP contribution in [0, 0.1) is 17.0 Å². The number of nitrogens with zero attached hydrogens (tertiary/aromatic N) is 5. The molecule has 3 aromatic rings. The van der Waals surface area contributed by atoms with E-state index in [9.17, 15) is 34.4 Å². The molecule has 14 nitrogen and oxygen atoms in total. The molecule has 0 saturated carbocycles. The van der Waals surface area contributed by atoms with Crippen molar-refractivity contribution in [2.24, 2.45) is 5.73 Å². The quantitative estimate of drug-likeness (QED) is 0.132. The summed E-state index contributed by atoms with van der Waals surface area (Å²) in [7, 11) is 0. The Bertz CT molecular complexity index is 1670. The number of thioether (sulfide) groups is 2. The van der Waals surface area contributed by atoms with E-state index >= 15 is 0 Å². The molecule has 1 saturated heterocycles. The van der Waals surface area contributed by atoms with E-state index in [0.29, 0.717) is 20.4 Å². The number of benzene rings is 2. The Morgan fingerprint density at radius 3 is 2.57 bits per heavy atom. The third kappa shape index (κ3) is 6.17. The third-order valence-corrected chi connectivity index (χ3v) is 10.1.